The number of methoxy groups -OCH3 is 2. The Labute approximate surface area is 168 Å². The van der Waals surface area contributed by atoms with Crippen LogP contribution in [0.5, 0.6) is 17.2 Å². The van der Waals surface area contributed by atoms with E-state index < -0.39 is 23.8 Å². The molecule has 0 spiro atoms. The van der Waals surface area contributed by atoms with Gasteiger partial charge in [0.2, 0.25) is 11.8 Å². The molecule has 29 heavy (non-hydrogen) atoms. The zero-order chi connectivity index (χ0) is 21.0. The summed E-state index contributed by atoms with van der Waals surface area (Å²) in [6, 6.07) is 11.0. The van der Waals surface area contributed by atoms with Gasteiger partial charge in [-0.2, -0.15) is 0 Å². The summed E-state index contributed by atoms with van der Waals surface area (Å²) >= 11 is 0. The largest absolute Gasteiger partial charge is 0.497 e. The minimum absolute atomic E-state index is 0.0679. The van der Waals surface area contributed by atoms with Crippen LogP contribution in [0, 0.1) is 5.92 Å². The number of imide groups is 2. The summed E-state index contributed by atoms with van der Waals surface area (Å²) in [5.41, 5.74) is 0.935. The van der Waals surface area contributed by atoms with Crippen molar-refractivity contribution in [1.82, 2.24) is 5.32 Å². The number of nitrogens with one attached hydrogen (secondary N) is 1. The summed E-state index contributed by atoms with van der Waals surface area (Å²) in [5, 5.41) is 2.26. The molecule has 1 saturated heterocycles. The van der Waals surface area contributed by atoms with Gasteiger partial charge in [-0.05, 0) is 37.1 Å². The van der Waals surface area contributed by atoms with Crippen molar-refractivity contribution in [2.75, 3.05) is 25.7 Å². The fourth-order valence-electron chi connectivity index (χ4n) is 3.18. The normalized spacial score (nSPS) is 16.4. The summed E-state index contributed by atoms with van der Waals surface area (Å²) in [6.07, 6.45) is 0.0679. The lowest BCUT2D eigenvalue weighted by atomic mass is 9.94. The van der Waals surface area contributed by atoms with E-state index in [1.54, 1.807) is 49.4 Å². The van der Waals surface area contributed by atoms with Crippen LogP contribution in [0.25, 0.3) is 0 Å². The standard InChI is InChI=1S/C21H22N2O6/c1-4-29-17-8-6-5-7-16(17)23-20(25)15(19(24)22-21(23)26)11-13-9-10-14(27-2)12-18(13)28-3/h5-10,12,15H,4,11H2,1-3H3,(H,22,24,26). The number of carbonyl (C=O) groups excluding carboxylic acids is 3. The molecule has 8 heteroatoms. The van der Waals surface area contributed by atoms with Gasteiger partial charge in [0, 0.05) is 6.07 Å². The monoisotopic (exact) mass is 398 g/mol. The highest BCUT2D eigenvalue weighted by atomic mass is 16.5. The van der Waals surface area contributed by atoms with Gasteiger partial charge in [-0.25, -0.2) is 9.69 Å². The molecule has 0 aromatic heterocycles. The van der Waals surface area contributed by atoms with Gasteiger partial charge in [0.25, 0.3) is 0 Å². The van der Waals surface area contributed by atoms with Gasteiger partial charge < -0.3 is 14.2 Å². The van der Waals surface area contributed by atoms with E-state index in [-0.39, 0.29) is 12.1 Å². The van der Waals surface area contributed by atoms with Crippen molar-refractivity contribution in [3.63, 3.8) is 0 Å². The van der Waals surface area contributed by atoms with Crippen molar-refractivity contribution in [2.45, 2.75) is 13.3 Å². The van der Waals surface area contributed by atoms with Gasteiger partial charge in [0.1, 0.15) is 23.2 Å². The zero-order valence-corrected chi connectivity index (χ0v) is 16.4. The highest BCUT2D eigenvalue weighted by Crippen LogP contribution is 2.33. The molecule has 2 aromatic rings. The quantitative estimate of drug-likeness (QED) is 0.721. The van der Waals surface area contributed by atoms with Crippen molar-refractivity contribution in [3.05, 3.63) is 48.0 Å². The molecule has 0 radical (unpaired) electrons. The Hall–Kier alpha value is -3.55. The van der Waals surface area contributed by atoms with Gasteiger partial charge in [0.15, 0.2) is 0 Å². The van der Waals surface area contributed by atoms with Crippen molar-refractivity contribution in [3.8, 4) is 17.2 Å². The molecule has 0 saturated carbocycles. The smallest absolute Gasteiger partial charge is 0.335 e. The number of barbiturate groups is 1. The molecule has 3 rings (SSSR count). The predicted octanol–water partition coefficient (Wildman–Crippen LogP) is 2.54. The average Bonchev–Trinajstić information content (AvgIpc) is 2.72. The summed E-state index contributed by atoms with van der Waals surface area (Å²) in [6.45, 7) is 2.17. The number of amides is 4. The van der Waals surface area contributed by atoms with E-state index in [2.05, 4.69) is 5.32 Å². The number of ether oxygens (including phenoxy) is 3. The Kier molecular flexibility index (Phi) is 6.01. The van der Waals surface area contributed by atoms with Gasteiger partial charge in [-0.15, -0.1) is 0 Å². The second-order valence-corrected chi connectivity index (χ2v) is 6.30. The third-order valence-electron chi connectivity index (χ3n) is 4.59. The van der Waals surface area contributed by atoms with Crippen LogP contribution >= 0.6 is 0 Å². The lowest BCUT2D eigenvalue weighted by Crippen LogP contribution is -2.58. The molecule has 1 fully saturated rings. The van der Waals surface area contributed by atoms with E-state index in [1.807, 2.05) is 0 Å². The van der Waals surface area contributed by atoms with Crippen LogP contribution in [0.2, 0.25) is 0 Å². The highest BCUT2D eigenvalue weighted by Gasteiger charge is 2.42. The van der Waals surface area contributed by atoms with Crippen LogP contribution in [-0.2, 0) is 16.0 Å². The molecular formula is C21H22N2O6. The molecule has 1 aliphatic rings. The van der Waals surface area contributed by atoms with Gasteiger partial charge >= 0.3 is 6.03 Å². The van der Waals surface area contributed by atoms with Crippen molar-refractivity contribution in [2.24, 2.45) is 5.92 Å². The maximum absolute atomic E-state index is 13.2. The molecule has 1 N–H and O–H groups in total. The zero-order valence-electron chi connectivity index (χ0n) is 16.4. The first kappa shape index (κ1) is 20.2. The second-order valence-electron chi connectivity index (χ2n) is 6.30. The lowest BCUT2D eigenvalue weighted by molar-refractivity contribution is -0.134. The predicted molar refractivity (Wildman–Crippen MR) is 105 cm³/mol. The average molecular weight is 398 g/mol. The fraction of sp³-hybridized carbons (Fsp3) is 0.286. The van der Waals surface area contributed by atoms with Crippen LogP contribution < -0.4 is 24.4 Å². The van der Waals surface area contributed by atoms with E-state index >= 15 is 0 Å². The van der Waals surface area contributed by atoms with E-state index in [4.69, 9.17) is 14.2 Å². The Morgan fingerprint density at radius 1 is 1.00 bits per heavy atom. The number of anilines is 1. The topological polar surface area (TPSA) is 94.2 Å². The van der Waals surface area contributed by atoms with Crippen molar-refractivity contribution in [1.29, 1.82) is 0 Å². The van der Waals surface area contributed by atoms with Crippen LogP contribution in [0.15, 0.2) is 42.5 Å². The number of carbonyl (C=O) groups is 3. The molecule has 1 heterocycles. The second kappa shape index (κ2) is 8.64. The molecule has 152 valence electrons. The van der Waals surface area contributed by atoms with E-state index in [0.717, 1.165) is 4.90 Å². The molecule has 1 unspecified atom stereocenters. The first-order chi connectivity index (χ1) is 14.0. The molecular weight excluding hydrogens is 376 g/mol. The van der Waals surface area contributed by atoms with Gasteiger partial charge in [-0.3, -0.25) is 14.9 Å². The molecule has 2 aromatic carbocycles. The number of hydrogen-bond donors (Lipinski definition) is 1. The van der Waals surface area contributed by atoms with Crippen molar-refractivity contribution >= 4 is 23.5 Å². The highest BCUT2D eigenvalue weighted by molar-refractivity contribution is 6.28. The number of para-hydroxylation sites is 2. The van der Waals surface area contributed by atoms with E-state index in [1.165, 1.54) is 14.2 Å². The third kappa shape index (κ3) is 4.01. The Balaban J connectivity index is 1.94. The Bertz CT molecular complexity index is 943. The van der Waals surface area contributed by atoms with Crippen LogP contribution in [0.4, 0.5) is 10.5 Å². The molecule has 8 nitrogen and oxygen atoms in total. The third-order valence-corrected chi connectivity index (χ3v) is 4.59. The van der Waals surface area contributed by atoms with E-state index in [0.29, 0.717) is 29.4 Å². The first-order valence-electron chi connectivity index (χ1n) is 9.11. The molecule has 4 amide bonds. The van der Waals surface area contributed by atoms with Crippen LogP contribution in [0.1, 0.15) is 12.5 Å². The SMILES string of the molecule is CCOc1ccccc1N1C(=O)NC(=O)C(Cc2ccc(OC)cc2OC)C1=O. The number of urea groups is 1. The number of benzene rings is 2. The van der Waals surface area contributed by atoms with E-state index in [9.17, 15) is 14.4 Å². The molecule has 0 aliphatic carbocycles. The Morgan fingerprint density at radius 3 is 2.45 bits per heavy atom. The summed E-state index contributed by atoms with van der Waals surface area (Å²) in [7, 11) is 3.03. The Morgan fingerprint density at radius 2 is 1.76 bits per heavy atom. The molecule has 0 bridgehead atoms. The fourth-order valence-corrected chi connectivity index (χ4v) is 3.18. The lowest BCUT2D eigenvalue weighted by Gasteiger charge is -2.31. The first-order valence-corrected chi connectivity index (χ1v) is 9.11. The van der Waals surface area contributed by atoms with Gasteiger partial charge in [-0.1, -0.05) is 18.2 Å². The summed E-state index contributed by atoms with van der Waals surface area (Å²) in [4.78, 5) is 39.0. The summed E-state index contributed by atoms with van der Waals surface area (Å²) in [5.74, 6) is -0.902. The summed E-state index contributed by atoms with van der Waals surface area (Å²) < 4.78 is 16.1. The minimum atomic E-state index is -1.09. The van der Waals surface area contributed by atoms with Crippen molar-refractivity contribution < 1.29 is 28.6 Å². The maximum atomic E-state index is 13.2. The number of hydrogen-bond acceptors (Lipinski definition) is 6. The number of rotatable bonds is 7. The van der Waals surface area contributed by atoms with Crippen LogP contribution in [-0.4, -0.2) is 38.7 Å². The van der Waals surface area contributed by atoms with Crippen LogP contribution in [0.3, 0.4) is 0 Å². The molecule has 1 aliphatic heterocycles. The minimum Gasteiger partial charge on any atom is -0.497 e. The van der Waals surface area contributed by atoms with Gasteiger partial charge in [0.05, 0.1) is 26.5 Å². The number of nitrogens with zero attached hydrogens (tertiary/aromatic N) is 1. The molecule has 1 atom stereocenters. The maximum Gasteiger partial charge on any atom is 0.335 e.